The van der Waals surface area contributed by atoms with Crippen molar-refractivity contribution in [1.82, 2.24) is 10.2 Å². The molecule has 1 amide bonds. The lowest BCUT2D eigenvalue weighted by atomic mass is 10.2. The Bertz CT molecular complexity index is 375. The van der Waals surface area contributed by atoms with Crippen LogP contribution in [-0.2, 0) is 4.79 Å². The van der Waals surface area contributed by atoms with Crippen molar-refractivity contribution in [3.63, 3.8) is 0 Å². The number of ether oxygens (including phenoxy) is 1. The number of hydrogen-bond donors (Lipinski definition) is 1. The number of nitrogens with zero attached hydrogens (tertiary/aromatic N) is 1. The van der Waals surface area contributed by atoms with E-state index in [-0.39, 0.29) is 12.5 Å². The van der Waals surface area contributed by atoms with Crippen molar-refractivity contribution < 1.29 is 9.53 Å². The monoisotopic (exact) mass is 248 g/mol. The fraction of sp³-hybridized carbons (Fsp3) is 0.500. The molecule has 1 aromatic rings. The number of carbonyl (C=O) groups excluding carboxylic acids is 1. The van der Waals surface area contributed by atoms with Gasteiger partial charge < -0.3 is 15.0 Å². The molecule has 1 heterocycles. The average molecular weight is 248 g/mol. The van der Waals surface area contributed by atoms with Crippen LogP contribution in [0.25, 0.3) is 0 Å². The molecule has 1 fully saturated rings. The van der Waals surface area contributed by atoms with Crippen LogP contribution in [0.1, 0.15) is 13.3 Å². The molecule has 4 heteroatoms. The predicted octanol–water partition coefficient (Wildman–Crippen LogP) is 1.28. The molecular weight excluding hydrogens is 228 g/mol. The van der Waals surface area contributed by atoms with Gasteiger partial charge in [0.05, 0.1) is 0 Å². The highest BCUT2D eigenvalue weighted by Gasteiger charge is 2.25. The van der Waals surface area contributed by atoms with Gasteiger partial charge in [-0.05, 0) is 32.0 Å². The molecular formula is C14H20N2O2. The van der Waals surface area contributed by atoms with E-state index in [4.69, 9.17) is 4.74 Å². The van der Waals surface area contributed by atoms with Gasteiger partial charge >= 0.3 is 0 Å². The molecule has 1 unspecified atom stereocenters. The molecule has 0 aliphatic carbocycles. The van der Waals surface area contributed by atoms with E-state index in [1.165, 1.54) is 0 Å². The molecule has 4 nitrogen and oxygen atoms in total. The Balaban J connectivity index is 1.86. The van der Waals surface area contributed by atoms with Crippen molar-refractivity contribution in [2.45, 2.75) is 19.4 Å². The maximum atomic E-state index is 12.1. The third-order valence-corrected chi connectivity index (χ3v) is 3.24. The summed E-state index contributed by atoms with van der Waals surface area (Å²) < 4.78 is 5.50. The van der Waals surface area contributed by atoms with Crippen molar-refractivity contribution >= 4 is 5.91 Å². The highest BCUT2D eigenvalue weighted by atomic mass is 16.5. The van der Waals surface area contributed by atoms with Crippen molar-refractivity contribution in [3.8, 4) is 5.75 Å². The summed E-state index contributed by atoms with van der Waals surface area (Å²) in [4.78, 5) is 14.0. The molecule has 2 rings (SSSR count). The Morgan fingerprint density at radius 1 is 1.44 bits per heavy atom. The van der Waals surface area contributed by atoms with Crippen molar-refractivity contribution in [2.75, 3.05) is 26.2 Å². The van der Waals surface area contributed by atoms with E-state index >= 15 is 0 Å². The van der Waals surface area contributed by atoms with Gasteiger partial charge in [0, 0.05) is 19.1 Å². The molecule has 1 N–H and O–H groups in total. The van der Waals surface area contributed by atoms with E-state index in [0.717, 1.165) is 31.8 Å². The summed E-state index contributed by atoms with van der Waals surface area (Å²) in [5.41, 5.74) is 0. The molecule has 0 bridgehead atoms. The second-order valence-electron chi connectivity index (χ2n) is 4.43. The Hall–Kier alpha value is -1.55. The Labute approximate surface area is 108 Å². The van der Waals surface area contributed by atoms with Crippen LogP contribution in [0.2, 0.25) is 0 Å². The van der Waals surface area contributed by atoms with E-state index in [1.54, 1.807) is 0 Å². The Kier molecular flexibility index (Phi) is 4.59. The van der Waals surface area contributed by atoms with Crippen LogP contribution in [0.5, 0.6) is 5.75 Å². The minimum absolute atomic E-state index is 0.0649. The number of likely N-dealkylation sites (N-methyl/N-ethyl adjacent to an activating group) is 1. The summed E-state index contributed by atoms with van der Waals surface area (Å²) in [5, 5.41) is 3.28. The third-order valence-electron chi connectivity index (χ3n) is 3.24. The van der Waals surface area contributed by atoms with Gasteiger partial charge in [0.15, 0.2) is 6.61 Å². The molecule has 0 saturated carbocycles. The molecule has 0 spiro atoms. The minimum atomic E-state index is 0.0649. The van der Waals surface area contributed by atoms with Crippen molar-refractivity contribution in [1.29, 1.82) is 0 Å². The summed E-state index contributed by atoms with van der Waals surface area (Å²) in [7, 11) is 0. The third kappa shape index (κ3) is 3.23. The number of amides is 1. The largest absolute Gasteiger partial charge is 0.484 e. The fourth-order valence-corrected chi connectivity index (χ4v) is 2.29. The lowest BCUT2D eigenvalue weighted by Crippen LogP contribution is -2.43. The predicted molar refractivity (Wildman–Crippen MR) is 70.6 cm³/mol. The van der Waals surface area contributed by atoms with Gasteiger partial charge in [0.25, 0.3) is 5.91 Å². The molecule has 1 aromatic carbocycles. The van der Waals surface area contributed by atoms with Gasteiger partial charge in [-0.15, -0.1) is 0 Å². The summed E-state index contributed by atoms with van der Waals surface area (Å²) in [6.07, 6.45) is 1.03. The molecule has 0 aromatic heterocycles. The number of benzene rings is 1. The van der Waals surface area contributed by atoms with Crippen LogP contribution in [0.15, 0.2) is 30.3 Å². The van der Waals surface area contributed by atoms with E-state index < -0.39 is 0 Å². The van der Waals surface area contributed by atoms with Crippen molar-refractivity contribution in [3.05, 3.63) is 30.3 Å². The van der Waals surface area contributed by atoms with Gasteiger partial charge in [-0.3, -0.25) is 4.79 Å². The number of para-hydroxylation sites is 1. The summed E-state index contributed by atoms with van der Waals surface area (Å²) in [5.74, 6) is 0.807. The SMILES string of the molecule is CCN(C(=O)COc1ccccc1)C1CCNC1. The molecule has 98 valence electrons. The number of hydrogen-bond acceptors (Lipinski definition) is 3. The Morgan fingerprint density at radius 3 is 2.83 bits per heavy atom. The molecule has 1 saturated heterocycles. The maximum absolute atomic E-state index is 12.1. The zero-order chi connectivity index (χ0) is 12.8. The molecule has 1 aliphatic rings. The lowest BCUT2D eigenvalue weighted by molar-refractivity contribution is -0.135. The second-order valence-corrected chi connectivity index (χ2v) is 4.43. The fourth-order valence-electron chi connectivity index (χ4n) is 2.29. The summed E-state index contributed by atoms with van der Waals surface area (Å²) in [6.45, 7) is 4.76. The first-order valence-corrected chi connectivity index (χ1v) is 6.49. The maximum Gasteiger partial charge on any atom is 0.260 e. The first-order chi connectivity index (χ1) is 8.81. The topological polar surface area (TPSA) is 41.6 Å². The zero-order valence-corrected chi connectivity index (χ0v) is 10.8. The number of carbonyl (C=O) groups is 1. The summed E-state index contributed by atoms with van der Waals surface area (Å²) in [6, 6.07) is 9.77. The lowest BCUT2D eigenvalue weighted by Gasteiger charge is -2.27. The molecule has 1 aliphatic heterocycles. The van der Waals surface area contributed by atoms with E-state index in [2.05, 4.69) is 5.32 Å². The van der Waals surface area contributed by atoms with Gasteiger partial charge in [0.1, 0.15) is 5.75 Å². The van der Waals surface area contributed by atoms with Crippen LogP contribution in [0, 0.1) is 0 Å². The second kappa shape index (κ2) is 6.40. The van der Waals surface area contributed by atoms with Crippen LogP contribution in [-0.4, -0.2) is 43.1 Å². The van der Waals surface area contributed by atoms with Crippen molar-refractivity contribution in [2.24, 2.45) is 0 Å². The first-order valence-electron chi connectivity index (χ1n) is 6.49. The average Bonchev–Trinajstić information content (AvgIpc) is 2.92. The minimum Gasteiger partial charge on any atom is -0.484 e. The first kappa shape index (κ1) is 12.9. The van der Waals surface area contributed by atoms with Crippen LogP contribution < -0.4 is 10.1 Å². The van der Waals surface area contributed by atoms with E-state index in [1.807, 2.05) is 42.2 Å². The van der Waals surface area contributed by atoms with E-state index in [0.29, 0.717) is 6.04 Å². The molecule has 0 radical (unpaired) electrons. The normalized spacial score (nSPS) is 18.6. The number of rotatable bonds is 5. The standard InChI is InChI=1S/C14H20N2O2/c1-2-16(12-8-9-15-10-12)14(17)11-18-13-6-4-3-5-7-13/h3-7,12,15H,2,8-11H2,1H3. The van der Waals surface area contributed by atoms with Gasteiger partial charge in [-0.2, -0.15) is 0 Å². The van der Waals surface area contributed by atoms with Crippen LogP contribution in [0.3, 0.4) is 0 Å². The molecule has 18 heavy (non-hydrogen) atoms. The van der Waals surface area contributed by atoms with E-state index in [9.17, 15) is 4.79 Å². The van der Waals surface area contributed by atoms with Gasteiger partial charge in [-0.1, -0.05) is 18.2 Å². The summed E-state index contributed by atoms with van der Waals surface area (Å²) >= 11 is 0. The smallest absolute Gasteiger partial charge is 0.260 e. The zero-order valence-electron chi connectivity index (χ0n) is 10.8. The van der Waals surface area contributed by atoms with Gasteiger partial charge in [-0.25, -0.2) is 0 Å². The van der Waals surface area contributed by atoms with Crippen LogP contribution in [0.4, 0.5) is 0 Å². The van der Waals surface area contributed by atoms with Gasteiger partial charge in [0.2, 0.25) is 0 Å². The highest BCUT2D eigenvalue weighted by Crippen LogP contribution is 2.11. The highest BCUT2D eigenvalue weighted by molar-refractivity contribution is 5.78. The quantitative estimate of drug-likeness (QED) is 0.853. The Morgan fingerprint density at radius 2 is 2.22 bits per heavy atom. The van der Waals surface area contributed by atoms with Crippen LogP contribution >= 0.6 is 0 Å². The molecule has 1 atom stereocenters. The number of nitrogens with one attached hydrogen (secondary N) is 1.